The number of nitrogens with zero attached hydrogens (tertiary/aromatic N) is 1. The van der Waals surface area contributed by atoms with E-state index >= 15 is 0 Å². The van der Waals surface area contributed by atoms with Crippen LogP contribution in [-0.2, 0) is 28.5 Å². The van der Waals surface area contributed by atoms with Crippen LogP contribution in [0.2, 0.25) is 0 Å². The van der Waals surface area contributed by atoms with Crippen molar-refractivity contribution in [2.45, 2.75) is 25.5 Å². The van der Waals surface area contributed by atoms with Crippen molar-refractivity contribution in [3.63, 3.8) is 0 Å². The van der Waals surface area contributed by atoms with Crippen molar-refractivity contribution in [3.8, 4) is 0 Å². The molecule has 3 rings (SSSR count). The van der Waals surface area contributed by atoms with Gasteiger partial charge in [0.2, 0.25) is 5.91 Å². The highest BCUT2D eigenvalue weighted by atomic mass is 16.6. The zero-order chi connectivity index (χ0) is 23.6. The number of aliphatic hydroxyl groups excluding tert-OH is 1. The second kappa shape index (κ2) is 12.3. The Kier molecular flexibility index (Phi) is 9.17. The van der Waals surface area contributed by atoms with Crippen LogP contribution in [0.3, 0.4) is 0 Å². The Labute approximate surface area is 192 Å². The molecular formula is C24H29NO8. The number of hydrogen-bond donors (Lipinski definition) is 1. The number of cyclic esters (lactones) is 1. The Morgan fingerprint density at radius 1 is 1.15 bits per heavy atom. The van der Waals surface area contributed by atoms with Gasteiger partial charge in [-0.15, -0.1) is 0 Å². The number of allylic oxidation sites excluding steroid dienone is 1. The second-order valence-corrected chi connectivity index (χ2v) is 7.62. The van der Waals surface area contributed by atoms with E-state index in [1.165, 1.54) is 6.08 Å². The number of carbonyl (C=O) groups is 3. The maximum Gasteiger partial charge on any atom is 0.417 e. The fourth-order valence-corrected chi connectivity index (χ4v) is 3.57. The van der Waals surface area contributed by atoms with Crippen molar-refractivity contribution in [1.82, 2.24) is 4.90 Å². The minimum atomic E-state index is -1.04. The van der Waals surface area contributed by atoms with E-state index < -0.39 is 30.1 Å². The zero-order valence-corrected chi connectivity index (χ0v) is 18.6. The third-order valence-corrected chi connectivity index (χ3v) is 5.31. The van der Waals surface area contributed by atoms with Crippen molar-refractivity contribution in [2.75, 3.05) is 39.6 Å². The molecule has 2 aliphatic rings. The molecule has 1 aromatic carbocycles. The van der Waals surface area contributed by atoms with Gasteiger partial charge in [0, 0.05) is 0 Å². The van der Waals surface area contributed by atoms with Gasteiger partial charge in [-0.1, -0.05) is 30.3 Å². The van der Waals surface area contributed by atoms with Crippen molar-refractivity contribution >= 4 is 17.8 Å². The highest BCUT2D eigenvalue weighted by Crippen LogP contribution is 2.31. The summed E-state index contributed by atoms with van der Waals surface area (Å²) in [5.41, 5.74) is 0.780. The molecule has 33 heavy (non-hydrogen) atoms. The number of benzene rings is 1. The summed E-state index contributed by atoms with van der Waals surface area (Å²) in [7, 11) is 0. The first-order valence-electron chi connectivity index (χ1n) is 10.9. The fourth-order valence-electron chi connectivity index (χ4n) is 3.57. The summed E-state index contributed by atoms with van der Waals surface area (Å²) in [5.74, 6) is -1.29. The molecule has 0 radical (unpaired) electrons. The quantitative estimate of drug-likeness (QED) is 0.501. The summed E-state index contributed by atoms with van der Waals surface area (Å²) >= 11 is 0. The molecule has 1 saturated heterocycles. The largest absolute Gasteiger partial charge is 0.482 e. The molecule has 0 saturated carbocycles. The van der Waals surface area contributed by atoms with Crippen LogP contribution in [0.5, 0.6) is 0 Å². The second-order valence-electron chi connectivity index (χ2n) is 7.62. The number of ketones is 1. The average molecular weight is 459 g/mol. The van der Waals surface area contributed by atoms with Gasteiger partial charge in [-0.05, 0) is 37.1 Å². The Hall–Kier alpha value is -3.01. The maximum absolute atomic E-state index is 13.2. The molecule has 9 heteroatoms. The predicted octanol–water partition coefficient (Wildman–Crippen LogP) is 2.17. The van der Waals surface area contributed by atoms with Gasteiger partial charge in [-0.2, -0.15) is 0 Å². The lowest BCUT2D eigenvalue weighted by Crippen LogP contribution is -2.45. The summed E-state index contributed by atoms with van der Waals surface area (Å²) in [5, 5.41) is 8.64. The van der Waals surface area contributed by atoms with E-state index in [4.69, 9.17) is 24.1 Å². The van der Waals surface area contributed by atoms with Crippen molar-refractivity contribution in [1.29, 1.82) is 0 Å². The van der Waals surface area contributed by atoms with E-state index in [-0.39, 0.29) is 25.6 Å². The highest BCUT2D eigenvalue weighted by molar-refractivity contribution is 6.01. The summed E-state index contributed by atoms with van der Waals surface area (Å²) < 4.78 is 21.5. The molecule has 2 aliphatic heterocycles. The van der Waals surface area contributed by atoms with Gasteiger partial charge in [0.05, 0.1) is 39.0 Å². The fraction of sp³-hybridized carbons (Fsp3) is 0.458. The van der Waals surface area contributed by atoms with E-state index in [9.17, 15) is 14.4 Å². The first kappa shape index (κ1) is 24.6. The zero-order valence-electron chi connectivity index (χ0n) is 18.6. The molecule has 2 heterocycles. The molecule has 3 atom stereocenters. The monoisotopic (exact) mass is 459 g/mol. The standard InChI is InChI=1S/C24H29NO8/c1-17(23(28)25-20(16-32-24(25)29)18-6-3-2-4-7-18)22-21(27)10-9-19(33-22)8-5-12-30-14-15-31-13-11-26/h2-4,6-10,17,20,22,26H,5,11-16H2,1H3/t17-,20+,22+/m1/s1. The topological polar surface area (TPSA) is 112 Å². The molecule has 1 fully saturated rings. The molecule has 178 valence electrons. The van der Waals surface area contributed by atoms with E-state index in [2.05, 4.69) is 0 Å². The van der Waals surface area contributed by atoms with E-state index in [0.717, 1.165) is 10.5 Å². The Morgan fingerprint density at radius 3 is 2.61 bits per heavy atom. The van der Waals surface area contributed by atoms with Crippen LogP contribution in [0.1, 0.15) is 24.9 Å². The average Bonchev–Trinajstić information content (AvgIpc) is 3.22. The van der Waals surface area contributed by atoms with Gasteiger partial charge in [0.1, 0.15) is 18.4 Å². The van der Waals surface area contributed by atoms with Crippen LogP contribution < -0.4 is 0 Å². The SMILES string of the molecule is C[C@@H](C(=O)N1C(=O)OC[C@H]1c1ccccc1)[C@@H]1OC(=CCCOCCOCCO)C=CC1=O. The van der Waals surface area contributed by atoms with E-state index in [1.807, 2.05) is 30.3 Å². The summed E-state index contributed by atoms with van der Waals surface area (Å²) in [6.07, 6.45) is 3.49. The number of amides is 2. The molecule has 0 aromatic heterocycles. The smallest absolute Gasteiger partial charge is 0.417 e. The van der Waals surface area contributed by atoms with Crippen LogP contribution in [0.25, 0.3) is 0 Å². The highest BCUT2D eigenvalue weighted by Gasteiger charge is 2.44. The van der Waals surface area contributed by atoms with Crippen LogP contribution in [0, 0.1) is 5.92 Å². The predicted molar refractivity (Wildman–Crippen MR) is 117 cm³/mol. The van der Waals surface area contributed by atoms with Crippen molar-refractivity contribution < 1.29 is 38.4 Å². The maximum atomic E-state index is 13.2. The number of carbonyl (C=O) groups excluding carboxylic acids is 3. The molecule has 1 N–H and O–H groups in total. The van der Waals surface area contributed by atoms with E-state index in [0.29, 0.717) is 32.0 Å². The van der Waals surface area contributed by atoms with Crippen molar-refractivity contribution in [2.24, 2.45) is 5.92 Å². The summed E-state index contributed by atoms with van der Waals surface area (Å²) in [6.45, 7) is 3.12. The normalized spacial score (nSPS) is 22.4. The lowest BCUT2D eigenvalue weighted by molar-refractivity contribution is -0.142. The van der Waals surface area contributed by atoms with Crippen LogP contribution >= 0.6 is 0 Å². The number of aliphatic hydroxyl groups is 1. The van der Waals surface area contributed by atoms with Gasteiger partial charge in [0.15, 0.2) is 11.9 Å². The third kappa shape index (κ3) is 6.50. The lowest BCUT2D eigenvalue weighted by Gasteiger charge is -2.29. The first-order valence-corrected chi connectivity index (χ1v) is 10.9. The van der Waals surface area contributed by atoms with Crippen molar-refractivity contribution in [3.05, 3.63) is 59.9 Å². The Morgan fingerprint density at radius 2 is 1.88 bits per heavy atom. The van der Waals surface area contributed by atoms with Crippen LogP contribution in [0.4, 0.5) is 4.79 Å². The Bertz CT molecular complexity index is 882. The molecular weight excluding hydrogens is 430 g/mol. The Balaban J connectivity index is 1.57. The number of imide groups is 1. The summed E-state index contributed by atoms with van der Waals surface area (Å²) in [4.78, 5) is 39.0. The summed E-state index contributed by atoms with van der Waals surface area (Å²) in [6, 6.07) is 8.60. The van der Waals surface area contributed by atoms with Gasteiger partial charge < -0.3 is 24.1 Å². The number of ether oxygens (including phenoxy) is 4. The molecule has 1 aromatic rings. The minimum Gasteiger partial charge on any atom is -0.482 e. The van der Waals surface area contributed by atoms with E-state index in [1.54, 1.807) is 19.1 Å². The number of hydrogen-bond acceptors (Lipinski definition) is 8. The third-order valence-electron chi connectivity index (χ3n) is 5.31. The molecule has 0 aliphatic carbocycles. The van der Waals surface area contributed by atoms with Gasteiger partial charge >= 0.3 is 6.09 Å². The minimum absolute atomic E-state index is 0.0254. The van der Waals surface area contributed by atoms with Crippen LogP contribution in [-0.4, -0.2) is 73.5 Å². The first-order chi connectivity index (χ1) is 16.0. The molecule has 0 bridgehead atoms. The molecule has 9 nitrogen and oxygen atoms in total. The number of rotatable bonds is 11. The van der Waals surface area contributed by atoms with Gasteiger partial charge in [0.25, 0.3) is 0 Å². The molecule has 2 amide bonds. The molecule has 0 spiro atoms. The van der Waals surface area contributed by atoms with Gasteiger partial charge in [-0.25, -0.2) is 9.69 Å². The molecule has 0 unspecified atom stereocenters. The van der Waals surface area contributed by atoms with Crippen LogP contribution in [0.15, 0.2) is 54.3 Å². The lowest BCUT2D eigenvalue weighted by atomic mass is 9.96. The van der Waals surface area contributed by atoms with Gasteiger partial charge in [-0.3, -0.25) is 9.59 Å².